The second kappa shape index (κ2) is 8.76. The van der Waals surface area contributed by atoms with Crippen molar-refractivity contribution in [2.24, 2.45) is 0 Å². The Hall–Kier alpha value is -4.04. The summed E-state index contributed by atoms with van der Waals surface area (Å²) in [6.45, 7) is 4.62. The first-order valence-electron chi connectivity index (χ1n) is 10.1. The Balaban J connectivity index is 1.41. The van der Waals surface area contributed by atoms with Gasteiger partial charge >= 0.3 is 0 Å². The van der Waals surface area contributed by atoms with Gasteiger partial charge in [-0.1, -0.05) is 30.3 Å². The lowest BCUT2D eigenvalue weighted by atomic mass is 10.1. The highest BCUT2D eigenvalue weighted by Gasteiger charge is 2.10. The first-order chi connectivity index (χ1) is 15.0. The number of rotatable bonds is 6. The number of para-hydroxylation sites is 1. The smallest absolute Gasteiger partial charge is 0.244 e. The number of nitrogens with zero attached hydrogens (tertiary/aromatic N) is 2. The average molecular weight is 409 g/mol. The minimum absolute atomic E-state index is 0.0779. The molecule has 1 amide bonds. The van der Waals surface area contributed by atoms with Crippen molar-refractivity contribution in [1.29, 1.82) is 5.26 Å². The summed E-state index contributed by atoms with van der Waals surface area (Å²) in [5.41, 5.74) is 5.43. The molecular formula is C26H23N3O2. The maximum absolute atomic E-state index is 12.7. The predicted molar refractivity (Wildman–Crippen MR) is 122 cm³/mol. The largest absolute Gasteiger partial charge is 0.489 e. The minimum Gasteiger partial charge on any atom is -0.489 e. The number of aryl methyl sites for hydroxylation is 2. The summed E-state index contributed by atoms with van der Waals surface area (Å²) in [7, 11) is 0. The number of hydrogen-bond acceptors (Lipinski definition) is 3. The van der Waals surface area contributed by atoms with E-state index in [1.165, 1.54) is 0 Å². The Labute approximate surface area is 181 Å². The van der Waals surface area contributed by atoms with E-state index in [2.05, 4.69) is 24.4 Å². The van der Waals surface area contributed by atoms with Gasteiger partial charge in [0.05, 0.1) is 11.6 Å². The van der Waals surface area contributed by atoms with E-state index in [9.17, 15) is 4.79 Å². The van der Waals surface area contributed by atoms with Crippen LogP contribution in [-0.2, 0) is 17.9 Å². The number of amides is 1. The molecule has 3 aromatic carbocycles. The highest BCUT2D eigenvalue weighted by Crippen LogP contribution is 2.23. The Morgan fingerprint density at radius 1 is 1.03 bits per heavy atom. The topological polar surface area (TPSA) is 67.0 Å². The molecule has 1 aromatic heterocycles. The number of hydrogen-bond donors (Lipinski definition) is 1. The fraction of sp³-hybridized carbons (Fsp3) is 0.154. The quantitative estimate of drug-likeness (QED) is 0.467. The fourth-order valence-electron chi connectivity index (χ4n) is 3.67. The summed E-state index contributed by atoms with van der Waals surface area (Å²) in [5.74, 6) is 0.635. The van der Waals surface area contributed by atoms with Gasteiger partial charge in [0, 0.05) is 22.8 Å². The predicted octanol–water partition coefficient (Wildman–Crippen LogP) is 5.35. The standard InChI is InChI=1S/C26H23N3O2/c1-18-12-22(31-17-21-7-5-6-20(13-21)14-27)10-11-24(18)28-26(30)16-29-15-19(2)23-8-3-4-9-25(23)29/h3-13,15H,16-17H2,1-2H3,(H,28,30). The van der Waals surface area contributed by atoms with Crippen LogP contribution in [0.4, 0.5) is 5.69 Å². The lowest BCUT2D eigenvalue weighted by Crippen LogP contribution is -2.18. The van der Waals surface area contributed by atoms with Crippen molar-refractivity contribution in [3.63, 3.8) is 0 Å². The molecule has 4 aromatic rings. The summed E-state index contributed by atoms with van der Waals surface area (Å²) in [4.78, 5) is 12.7. The zero-order valence-electron chi connectivity index (χ0n) is 17.6. The van der Waals surface area contributed by atoms with E-state index < -0.39 is 0 Å². The van der Waals surface area contributed by atoms with Crippen LogP contribution in [-0.4, -0.2) is 10.5 Å². The molecule has 0 radical (unpaired) electrons. The molecule has 31 heavy (non-hydrogen) atoms. The van der Waals surface area contributed by atoms with Crippen LogP contribution in [0.2, 0.25) is 0 Å². The normalized spacial score (nSPS) is 10.6. The number of ether oxygens (including phenoxy) is 1. The van der Waals surface area contributed by atoms with Crippen LogP contribution >= 0.6 is 0 Å². The number of carbonyl (C=O) groups is 1. The SMILES string of the molecule is Cc1cc(OCc2cccc(C#N)c2)ccc1NC(=O)Cn1cc(C)c2ccccc21. The zero-order chi connectivity index (χ0) is 21.8. The van der Waals surface area contributed by atoms with Gasteiger partial charge in [0.1, 0.15) is 18.9 Å². The van der Waals surface area contributed by atoms with E-state index >= 15 is 0 Å². The summed E-state index contributed by atoms with van der Waals surface area (Å²) in [5, 5.41) is 13.2. The van der Waals surface area contributed by atoms with Gasteiger partial charge in [0.25, 0.3) is 0 Å². The number of nitriles is 1. The first kappa shape index (κ1) is 20.2. The molecule has 0 aliphatic carbocycles. The number of aromatic nitrogens is 1. The number of carbonyl (C=O) groups excluding carboxylic acids is 1. The van der Waals surface area contributed by atoms with Crippen molar-refractivity contribution < 1.29 is 9.53 Å². The van der Waals surface area contributed by atoms with Gasteiger partial charge in [-0.15, -0.1) is 0 Å². The van der Waals surface area contributed by atoms with Crippen molar-refractivity contribution in [2.75, 3.05) is 5.32 Å². The molecule has 0 aliphatic rings. The molecule has 0 saturated carbocycles. The summed E-state index contributed by atoms with van der Waals surface area (Å²) in [6, 6.07) is 23.2. The summed E-state index contributed by atoms with van der Waals surface area (Å²) < 4.78 is 7.83. The van der Waals surface area contributed by atoms with Gasteiger partial charge in [-0.2, -0.15) is 5.26 Å². The number of fused-ring (bicyclic) bond motifs is 1. The van der Waals surface area contributed by atoms with Gasteiger partial charge in [0.2, 0.25) is 5.91 Å². The van der Waals surface area contributed by atoms with Gasteiger partial charge in [0.15, 0.2) is 0 Å². The highest BCUT2D eigenvalue weighted by atomic mass is 16.5. The molecule has 154 valence electrons. The van der Waals surface area contributed by atoms with Gasteiger partial charge in [-0.25, -0.2) is 0 Å². The lowest BCUT2D eigenvalue weighted by Gasteiger charge is -2.12. The molecule has 0 spiro atoms. The molecule has 0 aliphatic heterocycles. The highest BCUT2D eigenvalue weighted by molar-refractivity contribution is 5.93. The molecule has 0 fully saturated rings. The molecule has 0 atom stereocenters. The number of nitrogens with one attached hydrogen (secondary N) is 1. The van der Waals surface area contributed by atoms with Gasteiger partial charge in [-0.05, 0) is 66.9 Å². The number of benzene rings is 3. The Morgan fingerprint density at radius 2 is 1.87 bits per heavy atom. The Morgan fingerprint density at radius 3 is 2.68 bits per heavy atom. The van der Waals surface area contributed by atoms with Crippen LogP contribution in [0.5, 0.6) is 5.75 Å². The van der Waals surface area contributed by atoms with E-state index in [1.807, 2.05) is 72.3 Å². The maximum atomic E-state index is 12.7. The van der Waals surface area contributed by atoms with Crippen molar-refractivity contribution in [2.45, 2.75) is 27.0 Å². The second-order valence-electron chi connectivity index (χ2n) is 7.58. The van der Waals surface area contributed by atoms with Crippen LogP contribution in [0, 0.1) is 25.2 Å². The molecule has 0 saturated heterocycles. The Bertz CT molecular complexity index is 1300. The molecule has 1 heterocycles. The lowest BCUT2D eigenvalue weighted by molar-refractivity contribution is -0.116. The van der Waals surface area contributed by atoms with Crippen molar-refractivity contribution in [3.8, 4) is 11.8 Å². The fourth-order valence-corrected chi connectivity index (χ4v) is 3.67. The minimum atomic E-state index is -0.0779. The molecule has 5 nitrogen and oxygen atoms in total. The van der Waals surface area contributed by atoms with Crippen LogP contribution in [0.25, 0.3) is 10.9 Å². The van der Waals surface area contributed by atoms with Gasteiger partial charge < -0.3 is 14.6 Å². The second-order valence-corrected chi connectivity index (χ2v) is 7.58. The van der Waals surface area contributed by atoms with E-state index in [1.54, 1.807) is 6.07 Å². The van der Waals surface area contributed by atoms with Crippen molar-refractivity contribution in [1.82, 2.24) is 4.57 Å². The molecule has 0 unspecified atom stereocenters. The maximum Gasteiger partial charge on any atom is 0.244 e. The number of anilines is 1. The third-order valence-corrected chi connectivity index (χ3v) is 5.24. The zero-order valence-corrected chi connectivity index (χ0v) is 17.6. The van der Waals surface area contributed by atoms with Crippen LogP contribution < -0.4 is 10.1 Å². The summed E-state index contributed by atoms with van der Waals surface area (Å²) >= 11 is 0. The average Bonchev–Trinajstić information content (AvgIpc) is 3.09. The molecule has 4 rings (SSSR count). The van der Waals surface area contributed by atoms with Gasteiger partial charge in [-0.3, -0.25) is 4.79 Å². The van der Waals surface area contributed by atoms with Crippen molar-refractivity contribution >= 4 is 22.5 Å². The van der Waals surface area contributed by atoms with E-state index in [-0.39, 0.29) is 12.5 Å². The third kappa shape index (κ3) is 4.59. The molecule has 0 bridgehead atoms. The monoisotopic (exact) mass is 409 g/mol. The van der Waals surface area contributed by atoms with E-state index in [0.29, 0.717) is 17.9 Å². The molecule has 5 heteroatoms. The molecular weight excluding hydrogens is 386 g/mol. The summed E-state index contributed by atoms with van der Waals surface area (Å²) in [6.07, 6.45) is 2.01. The van der Waals surface area contributed by atoms with Crippen LogP contribution in [0.15, 0.2) is 72.9 Å². The van der Waals surface area contributed by atoms with Crippen LogP contribution in [0.3, 0.4) is 0 Å². The van der Waals surface area contributed by atoms with E-state index in [0.717, 1.165) is 33.3 Å². The Kier molecular flexibility index (Phi) is 5.72. The van der Waals surface area contributed by atoms with Crippen LogP contribution in [0.1, 0.15) is 22.3 Å². The van der Waals surface area contributed by atoms with Crippen molar-refractivity contribution in [3.05, 3.63) is 95.2 Å². The van der Waals surface area contributed by atoms with E-state index in [4.69, 9.17) is 10.00 Å². The molecule has 1 N–H and O–H groups in total. The first-order valence-corrected chi connectivity index (χ1v) is 10.1. The third-order valence-electron chi connectivity index (χ3n) is 5.24.